The first-order valence-corrected chi connectivity index (χ1v) is 9.28. The molecule has 3 N–H and O–H groups in total. The molecule has 0 atom stereocenters. The van der Waals surface area contributed by atoms with Crippen molar-refractivity contribution in [1.29, 1.82) is 0 Å². The van der Waals surface area contributed by atoms with Gasteiger partial charge in [-0.05, 0) is 46.3 Å². The number of aromatic hydroxyl groups is 1. The second-order valence-corrected chi connectivity index (χ2v) is 7.50. The van der Waals surface area contributed by atoms with Crippen LogP contribution in [0.2, 0.25) is 0 Å². The highest BCUT2D eigenvalue weighted by Gasteiger charge is 2.08. The molecule has 25 heavy (non-hydrogen) atoms. The van der Waals surface area contributed by atoms with E-state index in [2.05, 4.69) is 63.6 Å². The Kier molecular flexibility index (Phi) is 7.15. The van der Waals surface area contributed by atoms with Gasteiger partial charge in [-0.25, -0.2) is 5.43 Å². The van der Waals surface area contributed by atoms with E-state index in [1.165, 1.54) is 6.21 Å². The Hall–Kier alpha value is -1.71. The number of amides is 2. The van der Waals surface area contributed by atoms with Crippen molar-refractivity contribution >= 4 is 65.8 Å². The normalized spacial score (nSPS) is 10.7. The summed E-state index contributed by atoms with van der Waals surface area (Å²) in [5.41, 5.74) is 3.14. The van der Waals surface area contributed by atoms with Gasteiger partial charge >= 0.3 is 0 Å². The number of rotatable bonds is 5. The lowest BCUT2D eigenvalue weighted by molar-refractivity contribution is -0.120. The number of phenols is 1. The molecule has 0 aromatic heterocycles. The highest BCUT2D eigenvalue weighted by atomic mass is 79.9. The molecule has 0 spiro atoms. The lowest BCUT2D eigenvalue weighted by Gasteiger charge is -2.05. The number of hydrogen-bond acceptors (Lipinski definition) is 4. The molecule has 0 heterocycles. The van der Waals surface area contributed by atoms with Crippen molar-refractivity contribution in [2.24, 2.45) is 5.10 Å². The zero-order valence-corrected chi connectivity index (χ0v) is 17.4. The smallest absolute Gasteiger partial charge is 0.259 e. The van der Waals surface area contributed by atoms with Gasteiger partial charge in [0.25, 0.3) is 11.8 Å². The number of halogens is 3. The summed E-state index contributed by atoms with van der Waals surface area (Å²) >= 11 is 9.78. The van der Waals surface area contributed by atoms with Gasteiger partial charge in [0.1, 0.15) is 5.75 Å². The molecule has 9 heteroatoms. The van der Waals surface area contributed by atoms with E-state index in [0.29, 0.717) is 15.6 Å². The van der Waals surface area contributed by atoms with E-state index in [1.807, 2.05) is 0 Å². The van der Waals surface area contributed by atoms with E-state index in [-0.39, 0.29) is 18.2 Å². The molecular weight excluding hydrogens is 522 g/mol. The minimum Gasteiger partial charge on any atom is -0.506 e. The van der Waals surface area contributed by atoms with Gasteiger partial charge in [0.2, 0.25) is 0 Å². The third-order valence-corrected chi connectivity index (χ3v) is 4.50. The van der Waals surface area contributed by atoms with E-state index in [9.17, 15) is 14.7 Å². The quantitative estimate of drug-likeness (QED) is 0.405. The van der Waals surface area contributed by atoms with E-state index < -0.39 is 5.91 Å². The van der Waals surface area contributed by atoms with Gasteiger partial charge < -0.3 is 10.4 Å². The number of phenolic OH excluding ortho intramolecular Hbond substituents is 1. The molecule has 2 amide bonds. The van der Waals surface area contributed by atoms with E-state index in [4.69, 9.17) is 0 Å². The van der Waals surface area contributed by atoms with Crippen molar-refractivity contribution in [2.75, 3.05) is 6.54 Å². The van der Waals surface area contributed by atoms with Crippen molar-refractivity contribution in [2.45, 2.75) is 0 Å². The van der Waals surface area contributed by atoms with E-state index in [1.54, 1.807) is 36.4 Å². The molecule has 2 aromatic rings. The zero-order valence-electron chi connectivity index (χ0n) is 12.6. The van der Waals surface area contributed by atoms with Crippen LogP contribution in [0.4, 0.5) is 0 Å². The molecule has 0 aliphatic carbocycles. The number of hydrogen-bond donors (Lipinski definition) is 3. The lowest BCUT2D eigenvalue weighted by atomic mass is 10.2. The Morgan fingerprint density at radius 1 is 1.12 bits per heavy atom. The number of carbonyl (C=O) groups excluding carboxylic acids is 2. The first kappa shape index (κ1) is 19.6. The molecule has 0 aliphatic heterocycles. The highest BCUT2D eigenvalue weighted by molar-refractivity contribution is 9.11. The number of nitrogens with one attached hydrogen (secondary N) is 2. The first-order chi connectivity index (χ1) is 11.9. The average molecular weight is 534 g/mol. The molecule has 0 aliphatic rings. The van der Waals surface area contributed by atoms with Gasteiger partial charge in [-0.2, -0.15) is 5.10 Å². The van der Waals surface area contributed by atoms with Crippen LogP contribution in [0.1, 0.15) is 15.9 Å². The number of hydrazone groups is 1. The molecule has 0 saturated heterocycles. The number of benzene rings is 2. The summed E-state index contributed by atoms with van der Waals surface area (Å²) in [5, 5.41) is 16.1. The first-order valence-electron chi connectivity index (χ1n) is 6.90. The Balaban J connectivity index is 1.88. The molecule has 0 unspecified atom stereocenters. The van der Waals surface area contributed by atoms with Gasteiger partial charge in [-0.3, -0.25) is 9.59 Å². The summed E-state index contributed by atoms with van der Waals surface area (Å²) in [4.78, 5) is 23.6. The van der Waals surface area contributed by atoms with Gasteiger partial charge in [-0.15, -0.1) is 0 Å². The van der Waals surface area contributed by atoms with Gasteiger partial charge in [-0.1, -0.05) is 37.9 Å². The Labute approximate surface area is 169 Å². The van der Waals surface area contributed by atoms with Crippen LogP contribution < -0.4 is 10.7 Å². The molecular formula is C16H12Br3N3O3. The van der Waals surface area contributed by atoms with Crippen molar-refractivity contribution in [3.05, 3.63) is 60.9 Å². The van der Waals surface area contributed by atoms with Crippen molar-refractivity contribution in [1.82, 2.24) is 10.7 Å². The standard InChI is InChI=1S/C16H12Br3N3O3/c17-11-3-1-2-9(4-11)16(25)20-8-14(23)22-21-7-10-5-12(18)6-13(19)15(10)24/h1-7,24H,8H2,(H,20,25)(H,22,23)/b21-7-. The fourth-order valence-corrected chi connectivity index (χ4v) is 3.45. The average Bonchev–Trinajstić information content (AvgIpc) is 2.57. The maximum atomic E-state index is 11.9. The molecule has 0 radical (unpaired) electrons. The monoisotopic (exact) mass is 531 g/mol. The Bertz CT molecular complexity index is 841. The lowest BCUT2D eigenvalue weighted by Crippen LogP contribution is -2.34. The van der Waals surface area contributed by atoms with Gasteiger partial charge in [0.05, 0.1) is 17.2 Å². The van der Waals surface area contributed by atoms with Crippen molar-refractivity contribution < 1.29 is 14.7 Å². The fourth-order valence-electron chi connectivity index (χ4n) is 1.79. The van der Waals surface area contributed by atoms with Crippen LogP contribution in [-0.2, 0) is 4.79 Å². The van der Waals surface area contributed by atoms with Crippen molar-refractivity contribution in [3.63, 3.8) is 0 Å². The third-order valence-electron chi connectivity index (χ3n) is 2.95. The second-order valence-electron chi connectivity index (χ2n) is 4.81. The van der Waals surface area contributed by atoms with Crippen LogP contribution in [-0.4, -0.2) is 29.7 Å². The van der Waals surface area contributed by atoms with Crippen LogP contribution in [0.25, 0.3) is 0 Å². The number of carbonyl (C=O) groups is 2. The predicted molar refractivity (Wildman–Crippen MR) is 106 cm³/mol. The second kappa shape index (κ2) is 9.12. The number of nitrogens with zero attached hydrogens (tertiary/aromatic N) is 1. The van der Waals surface area contributed by atoms with Gasteiger partial charge in [0.15, 0.2) is 0 Å². The summed E-state index contributed by atoms with van der Waals surface area (Å²) in [7, 11) is 0. The van der Waals surface area contributed by atoms with Crippen LogP contribution in [0, 0.1) is 0 Å². The predicted octanol–water partition coefficient (Wildman–Crippen LogP) is 3.56. The minimum absolute atomic E-state index is 0.00385. The van der Waals surface area contributed by atoms with Crippen LogP contribution in [0.15, 0.2) is 54.9 Å². The summed E-state index contributed by atoms with van der Waals surface area (Å²) in [6, 6.07) is 10.1. The maximum absolute atomic E-state index is 11.9. The molecule has 2 rings (SSSR count). The SMILES string of the molecule is O=C(CNC(=O)c1cccc(Br)c1)N/N=C\c1cc(Br)cc(Br)c1O. The topological polar surface area (TPSA) is 90.8 Å². The summed E-state index contributed by atoms with van der Waals surface area (Å²) < 4.78 is 2.01. The minimum atomic E-state index is -0.492. The molecule has 0 bridgehead atoms. The van der Waals surface area contributed by atoms with Crippen LogP contribution in [0.5, 0.6) is 5.75 Å². The zero-order chi connectivity index (χ0) is 18.4. The van der Waals surface area contributed by atoms with E-state index in [0.717, 1.165) is 8.95 Å². The summed E-state index contributed by atoms with van der Waals surface area (Å²) in [5.74, 6) is -0.855. The Morgan fingerprint density at radius 3 is 2.60 bits per heavy atom. The summed E-state index contributed by atoms with van der Waals surface area (Å²) in [6.45, 7) is -0.225. The third kappa shape index (κ3) is 5.94. The van der Waals surface area contributed by atoms with Crippen LogP contribution in [0.3, 0.4) is 0 Å². The molecule has 6 nitrogen and oxygen atoms in total. The Morgan fingerprint density at radius 2 is 1.88 bits per heavy atom. The van der Waals surface area contributed by atoms with Crippen LogP contribution >= 0.6 is 47.8 Å². The molecule has 0 fully saturated rings. The summed E-state index contributed by atoms with van der Waals surface area (Å²) in [6.07, 6.45) is 1.30. The van der Waals surface area contributed by atoms with Crippen molar-refractivity contribution in [3.8, 4) is 5.75 Å². The van der Waals surface area contributed by atoms with E-state index >= 15 is 0 Å². The van der Waals surface area contributed by atoms with Gasteiger partial charge in [0, 0.05) is 20.1 Å². The highest BCUT2D eigenvalue weighted by Crippen LogP contribution is 2.30. The largest absolute Gasteiger partial charge is 0.506 e. The molecule has 2 aromatic carbocycles. The molecule has 0 saturated carbocycles. The fraction of sp³-hybridized carbons (Fsp3) is 0.0625. The molecule has 130 valence electrons. The maximum Gasteiger partial charge on any atom is 0.259 e.